The molecule has 6 heteroatoms. The number of ketones is 2. The molecule has 100 valence electrons. The number of Topliss-reactive ketones (excluding diaryl/α,β-unsaturated/α-hetero) is 2. The van der Waals surface area contributed by atoms with Gasteiger partial charge in [-0.2, -0.15) is 0 Å². The molecular formula is C13H14N2O3S. The van der Waals surface area contributed by atoms with Gasteiger partial charge in [0, 0.05) is 5.56 Å². The second-order valence-electron chi connectivity index (χ2n) is 4.10. The van der Waals surface area contributed by atoms with Gasteiger partial charge in [0.1, 0.15) is 11.5 Å². The van der Waals surface area contributed by atoms with E-state index in [1.807, 2.05) is 6.92 Å². The van der Waals surface area contributed by atoms with E-state index in [0.29, 0.717) is 28.6 Å². The molecule has 1 heterocycles. The highest BCUT2D eigenvalue weighted by atomic mass is 32.1. The number of nitrogens with zero attached hydrogens (tertiary/aromatic N) is 1. The van der Waals surface area contributed by atoms with Crippen LogP contribution in [0.5, 0.6) is 5.75 Å². The van der Waals surface area contributed by atoms with Crippen molar-refractivity contribution in [1.82, 2.24) is 4.98 Å². The molecule has 0 fully saturated rings. The normalized spacial score (nSPS) is 10.6. The van der Waals surface area contributed by atoms with Crippen LogP contribution in [0.3, 0.4) is 0 Å². The fourth-order valence-electron chi connectivity index (χ4n) is 1.81. The maximum Gasteiger partial charge on any atom is 0.181 e. The number of ether oxygens (including phenoxy) is 1. The monoisotopic (exact) mass is 278 g/mol. The first-order valence-electron chi connectivity index (χ1n) is 5.86. The van der Waals surface area contributed by atoms with Crippen molar-refractivity contribution in [1.29, 1.82) is 0 Å². The Labute approximate surface area is 114 Å². The Morgan fingerprint density at radius 3 is 2.79 bits per heavy atom. The first-order valence-corrected chi connectivity index (χ1v) is 6.68. The van der Waals surface area contributed by atoms with Crippen molar-refractivity contribution in [2.75, 3.05) is 12.3 Å². The third kappa shape index (κ3) is 2.90. The van der Waals surface area contributed by atoms with Crippen LogP contribution in [0, 0.1) is 0 Å². The SMILES string of the molecule is CCOc1cc(C(=O)CC(C)=O)c2nc(N)sc2c1. The topological polar surface area (TPSA) is 82.3 Å². The van der Waals surface area contributed by atoms with Gasteiger partial charge in [-0.25, -0.2) is 4.98 Å². The number of fused-ring (bicyclic) bond motifs is 1. The van der Waals surface area contributed by atoms with Gasteiger partial charge in [-0.15, -0.1) is 0 Å². The molecule has 2 rings (SSSR count). The van der Waals surface area contributed by atoms with Crippen LogP contribution in [0.4, 0.5) is 5.13 Å². The summed E-state index contributed by atoms with van der Waals surface area (Å²) >= 11 is 1.29. The average Bonchev–Trinajstić information content (AvgIpc) is 2.67. The minimum absolute atomic E-state index is 0.137. The molecule has 0 spiro atoms. The molecule has 1 aromatic heterocycles. The second-order valence-corrected chi connectivity index (χ2v) is 5.17. The van der Waals surface area contributed by atoms with Crippen LogP contribution in [-0.4, -0.2) is 23.2 Å². The minimum Gasteiger partial charge on any atom is -0.494 e. The first-order chi connectivity index (χ1) is 9.01. The van der Waals surface area contributed by atoms with Crippen molar-refractivity contribution < 1.29 is 14.3 Å². The molecule has 0 aliphatic carbocycles. The lowest BCUT2D eigenvalue weighted by molar-refractivity contribution is -0.116. The molecule has 1 aromatic carbocycles. The fourth-order valence-corrected chi connectivity index (χ4v) is 2.59. The molecule has 2 aromatic rings. The van der Waals surface area contributed by atoms with Gasteiger partial charge in [0.25, 0.3) is 0 Å². The number of aromatic nitrogens is 1. The molecular weight excluding hydrogens is 264 g/mol. The van der Waals surface area contributed by atoms with Crippen molar-refractivity contribution in [2.45, 2.75) is 20.3 Å². The van der Waals surface area contributed by atoms with Gasteiger partial charge in [-0.3, -0.25) is 9.59 Å². The van der Waals surface area contributed by atoms with E-state index in [4.69, 9.17) is 10.5 Å². The van der Waals surface area contributed by atoms with E-state index in [2.05, 4.69) is 4.98 Å². The molecule has 0 saturated carbocycles. The fraction of sp³-hybridized carbons (Fsp3) is 0.308. The molecule has 0 bridgehead atoms. The Kier molecular flexibility index (Phi) is 3.80. The molecule has 19 heavy (non-hydrogen) atoms. The lowest BCUT2D eigenvalue weighted by Crippen LogP contribution is -2.06. The molecule has 0 radical (unpaired) electrons. The number of nitrogens with two attached hydrogens (primary N) is 1. The van der Waals surface area contributed by atoms with Gasteiger partial charge in [0.05, 0.1) is 23.2 Å². The zero-order valence-electron chi connectivity index (χ0n) is 10.7. The number of thiazole rings is 1. The number of carbonyl (C=O) groups is 2. The van der Waals surface area contributed by atoms with E-state index in [-0.39, 0.29) is 18.0 Å². The molecule has 0 atom stereocenters. The summed E-state index contributed by atoms with van der Waals surface area (Å²) in [5.41, 5.74) is 6.60. The Morgan fingerprint density at radius 2 is 2.16 bits per heavy atom. The van der Waals surface area contributed by atoms with Gasteiger partial charge < -0.3 is 10.5 Å². The highest BCUT2D eigenvalue weighted by molar-refractivity contribution is 7.22. The quantitative estimate of drug-likeness (QED) is 0.671. The van der Waals surface area contributed by atoms with Crippen LogP contribution in [0.1, 0.15) is 30.6 Å². The number of carbonyl (C=O) groups excluding carboxylic acids is 2. The predicted octanol–water partition coefficient (Wildman–Crippen LogP) is 2.44. The zero-order valence-corrected chi connectivity index (χ0v) is 11.5. The van der Waals surface area contributed by atoms with Crippen molar-refractivity contribution in [3.05, 3.63) is 17.7 Å². The Balaban J connectivity index is 2.55. The van der Waals surface area contributed by atoms with E-state index >= 15 is 0 Å². The molecule has 0 aliphatic rings. The summed E-state index contributed by atoms with van der Waals surface area (Å²) in [7, 11) is 0. The van der Waals surface area contributed by atoms with Crippen LogP contribution < -0.4 is 10.5 Å². The largest absolute Gasteiger partial charge is 0.494 e. The molecule has 0 unspecified atom stereocenters. The van der Waals surface area contributed by atoms with Gasteiger partial charge in [0.2, 0.25) is 0 Å². The summed E-state index contributed by atoms with van der Waals surface area (Å²) < 4.78 is 6.21. The van der Waals surface area contributed by atoms with Crippen LogP contribution in [0.2, 0.25) is 0 Å². The lowest BCUT2D eigenvalue weighted by Gasteiger charge is -2.06. The summed E-state index contributed by atoms with van der Waals surface area (Å²) in [6.45, 7) is 3.75. The number of rotatable bonds is 5. The molecule has 5 nitrogen and oxygen atoms in total. The van der Waals surface area contributed by atoms with Crippen LogP contribution in [0.25, 0.3) is 10.2 Å². The molecule has 0 saturated heterocycles. The molecule has 2 N–H and O–H groups in total. The summed E-state index contributed by atoms with van der Waals surface area (Å²) in [5.74, 6) is 0.151. The van der Waals surface area contributed by atoms with E-state index in [0.717, 1.165) is 4.70 Å². The third-order valence-corrected chi connectivity index (χ3v) is 3.34. The maximum atomic E-state index is 12.1. The average molecular weight is 278 g/mol. The van der Waals surface area contributed by atoms with Gasteiger partial charge in [-0.1, -0.05) is 11.3 Å². The Bertz CT molecular complexity index is 649. The number of benzene rings is 1. The van der Waals surface area contributed by atoms with E-state index in [1.54, 1.807) is 12.1 Å². The van der Waals surface area contributed by atoms with Gasteiger partial charge in [-0.05, 0) is 26.0 Å². The zero-order chi connectivity index (χ0) is 14.0. The number of hydrogen-bond donors (Lipinski definition) is 1. The van der Waals surface area contributed by atoms with Crippen LogP contribution in [-0.2, 0) is 4.79 Å². The first kappa shape index (κ1) is 13.5. The van der Waals surface area contributed by atoms with Gasteiger partial charge in [0.15, 0.2) is 10.9 Å². The van der Waals surface area contributed by atoms with E-state index in [1.165, 1.54) is 18.3 Å². The highest BCUT2D eigenvalue weighted by Gasteiger charge is 2.17. The Morgan fingerprint density at radius 1 is 1.42 bits per heavy atom. The predicted molar refractivity (Wildman–Crippen MR) is 74.8 cm³/mol. The van der Waals surface area contributed by atoms with Crippen molar-refractivity contribution in [3.63, 3.8) is 0 Å². The summed E-state index contributed by atoms with van der Waals surface area (Å²) in [4.78, 5) is 27.3. The van der Waals surface area contributed by atoms with Crippen molar-refractivity contribution >= 4 is 38.3 Å². The number of nitrogen functional groups attached to an aromatic ring is 1. The number of anilines is 1. The minimum atomic E-state index is -0.260. The maximum absolute atomic E-state index is 12.1. The smallest absolute Gasteiger partial charge is 0.181 e. The highest BCUT2D eigenvalue weighted by Crippen LogP contribution is 2.31. The standard InChI is InChI=1S/C13H14N2O3S/c1-3-18-8-5-9(10(17)4-7(2)16)12-11(6-8)19-13(14)15-12/h5-6H,3-4H2,1-2H3,(H2,14,15). The summed E-state index contributed by atoms with van der Waals surface area (Å²) in [6.07, 6.45) is -0.137. The van der Waals surface area contributed by atoms with Gasteiger partial charge >= 0.3 is 0 Å². The van der Waals surface area contributed by atoms with E-state index < -0.39 is 0 Å². The van der Waals surface area contributed by atoms with Crippen molar-refractivity contribution in [2.24, 2.45) is 0 Å². The molecule has 0 aliphatic heterocycles. The summed E-state index contributed by atoms with van der Waals surface area (Å²) in [5, 5.41) is 0.389. The lowest BCUT2D eigenvalue weighted by atomic mass is 10.0. The Hall–Kier alpha value is -1.95. The van der Waals surface area contributed by atoms with E-state index in [9.17, 15) is 9.59 Å². The third-order valence-electron chi connectivity index (χ3n) is 2.51. The van der Waals surface area contributed by atoms with Crippen LogP contribution in [0.15, 0.2) is 12.1 Å². The van der Waals surface area contributed by atoms with Crippen molar-refractivity contribution in [3.8, 4) is 5.75 Å². The van der Waals surface area contributed by atoms with Crippen LogP contribution >= 0.6 is 11.3 Å². The number of hydrogen-bond acceptors (Lipinski definition) is 6. The summed E-state index contributed by atoms with van der Waals surface area (Å²) in [6, 6.07) is 3.42. The molecule has 0 amide bonds. The second kappa shape index (κ2) is 5.36.